The van der Waals surface area contributed by atoms with E-state index in [4.69, 9.17) is 0 Å². The minimum Gasteiger partial charge on any atom is -0.388 e. The molecule has 4 atom stereocenters. The maximum Gasteiger partial charge on any atom is 0.123 e. The highest BCUT2D eigenvalue weighted by Crippen LogP contribution is 2.26. The van der Waals surface area contributed by atoms with E-state index < -0.39 is 6.10 Å². The van der Waals surface area contributed by atoms with Crippen molar-refractivity contribution in [2.75, 3.05) is 0 Å². The molecule has 4 unspecified atom stereocenters. The molecule has 19 heavy (non-hydrogen) atoms. The van der Waals surface area contributed by atoms with Gasteiger partial charge in [0.1, 0.15) is 5.82 Å². The van der Waals surface area contributed by atoms with Crippen molar-refractivity contribution in [1.29, 1.82) is 0 Å². The summed E-state index contributed by atoms with van der Waals surface area (Å²) in [6.07, 6.45) is 3.90. The predicted octanol–water partition coefficient (Wildman–Crippen LogP) is 3.42. The van der Waals surface area contributed by atoms with Crippen molar-refractivity contribution in [2.24, 2.45) is 5.92 Å². The van der Waals surface area contributed by atoms with Crippen molar-refractivity contribution in [2.45, 2.75) is 57.7 Å². The fourth-order valence-corrected chi connectivity index (χ4v) is 2.98. The fourth-order valence-electron chi connectivity index (χ4n) is 2.98. The van der Waals surface area contributed by atoms with Crippen LogP contribution in [-0.2, 0) is 0 Å². The largest absolute Gasteiger partial charge is 0.388 e. The van der Waals surface area contributed by atoms with Gasteiger partial charge in [-0.15, -0.1) is 0 Å². The molecule has 0 amide bonds. The highest BCUT2D eigenvalue weighted by molar-refractivity contribution is 5.18. The van der Waals surface area contributed by atoms with Crippen LogP contribution in [0.25, 0.3) is 0 Å². The number of hydrogen-bond donors (Lipinski definition) is 2. The van der Waals surface area contributed by atoms with Crippen LogP contribution in [0, 0.1) is 11.7 Å². The summed E-state index contributed by atoms with van der Waals surface area (Å²) in [7, 11) is 0. The minimum absolute atomic E-state index is 0.262. The number of benzene rings is 1. The van der Waals surface area contributed by atoms with E-state index in [9.17, 15) is 9.50 Å². The molecule has 106 valence electrons. The summed E-state index contributed by atoms with van der Waals surface area (Å²) in [5.74, 6) is 0.550. The van der Waals surface area contributed by atoms with E-state index in [0.29, 0.717) is 12.5 Å². The van der Waals surface area contributed by atoms with Crippen LogP contribution in [0.4, 0.5) is 4.39 Å². The van der Waals surface area contributed by atoms with Gasteiger partial charge < -0.3 is 10.4 Å². The van der Waals surface area contributed by atoms with Crippen LogP contribution in [-0.4, -0.2) is 17.2 Å². The van der Waals surface area contributed by atoms with E-state index in [1.807, 2.05) is 0 Å². The monoisotopic (exact) mass is 265 g/mol. The summed E-state index contributed by atoms with van der Waals surface area (Å²) in [4.78, 5) is 0. The lowest BCUT2D eigenvalue weighted by Crippen LogP contribution is -2.35. The zero-order chi connectivity index (χ0) is 13.8. The molecule has 3 heteroatoms. The Morgan fingerprint density at radius 2 is 2.00 bits per heavy atom. The lowest BCUT2D eigenvalue weighted by molar-refractivity contribution is 0.151. The quantitative estimate of drug-likeness (QED) is 0.855. The Hall–Kier alpha value is -0.930. The first-order valence-electron chi connectivity index (χ1n) is 7.24. The second kappa shape index (κ2) is 6.49. The molecule has 0 saturated heterocycles. The van der Waals surface area contributed by atoms with Crippen LogP contribution in [0.15, 0.2) is 24.3 Å². The number of aliphatic hydroxyl groups excluding tert-OH is 1. The molecule has 1 aromatic rings. The van der Waals surface area contributed by atoms with Gasteiger partial charge in [-0.05, 0) is 56.2 Å². The van der Waals surface area contributed by atoms with E-state index in [-0.39, 0.29) is 11.9 Å². The first-order chi connectivity index (χ1) is 9.04. The molecule has 1 aliphatic carbocycles. The Morgan fingerprint density at radius 3 is 2.58 bits per heavy atom. The molecular formula is C16H24FNO. The molecule has 0 aliphatic heterocycles. The molecule has 0 aromatic heterocycles. The highest BCUT2D eigenvalue weighted by atomic mass is 19.1. The molecule has 1 aromatic carbocycles. The third-order valence-corrected chi connectivity index (χ3v) is 4.05. The van der Waals surface area contributed by atoms with E-state index in [1.54, 1.807) is 12.1 Å². The lowest BCUT2D eigenvalue weighted by Gasteiger charge is -2.22. The molecule has 1 fully saturated rings. The Kier molecular flexibility index (Phi) is 4.94. The first kappa shape index (κ1) is 14.5. The second-order valence-corrected chi connectivity index (χ2v) is 5.99. The van der Waals surface area contributed by atoms with Gasteiger partial charge in [0.05, 0.1) is 6.10 Å². The summed E-state index contributed by atoms with van der Waals surface area (Å²) >= 11 is 0. The number of halogens is 1. The van der Waals surface area contributed by atoms with Crippen LogP contribution in [0.1, 0.15) is 51.2 Å². The van der Waals surface area contributed by atoms with E-state index in [1.165, 1.54) is 31.4 Å². The molecule has 0 spiro atoms. The molecule has 2 rings (SSSR count). The topological polar surface area (TPSA) is 32.3 Å². The first-order valence-corrected chi connectivity index (χ1v) is 7.24. The Balaban J connectivity index is 1.81. The van der Waals surface area contributed by atoms with Gasteiger partial charge >= 0.3 is 0 Å². The number of rotatable bonds is 5. The second-order valence-electron chi connectivity index (χ2n) is 5.99. The van der Waals surface area contributed by atoms with Gasteiger partial charge in [0.15, 0.2) is 0 Å². The van der Waals surface area contributed by atoms with Crippen LogP contribution in [0.3, 0.4) is 0 Å². The van der Waals surface area contributed by atoms with Gasteiger partial charge in [0, 0.05) is 12.1 Å². The van der Waals surface area contributed by atoms with Crippen LogP contribution in [0.5, 0.6) is 0 Å². The molecule has 0 radical (unpaired) electrons. The zero-order valence-corrected chi connectivity index (χ0v) is 11.8. The normalized spacial score (nSPS) is 26.3. The standard InChI is InChI=1S/C16H24FNO/c1-11-3-8-15(9-11)18-12(2)10-16(19)13-4-6-14(17)7-5-13/h4-7,11-12,15-16,18-19H,3,8-10H2,1-2H3. The summed E-state index contributed by atoms with van der Waals surface area (Å²) in [5.41, 5.74) is 0.787. The van der Waals surface area contributed by atoms with Crippen LogP contribution >= 0.6 is 0 Å². The Morgan fingerprint density at radius 1 is 1.32 bits per heavy atom. The molecule has 1 saturated carbocycles. The number of hydrogen-bond acceptors (Lipinski definition) is 2. The Labute approximate surface area is 115 Å². The molecular weight excluding hydrogens is 241 g/mol. The van der Waals surface area contributed by atoms with Gasteiger partial charge in [-0.1, -0.05) is 19.1 Å². The van der Waals surface area contributed by atoms with E-state index >= 15 is 0 Å². The molecule has 1 aliphatic rings. The highest BCUT2D eigenvalue weighted by Gasteiger charge is 2.23. The maximum atomic E-state index is 12.8. The van der Waals surface area contributed by atoms with Crippen molar-refractivity contribution in [1.82, 2.24) is 5.32 Å². The van der Waals surface area contributed by atoms with Gasteiger partial charge in [0.25, 0.3) is 0 Å². The minimum atomic E-state index is -0.526. The van der Waals surface area contributed by atoms with E-state index in [0.717, 1.165) is 11.5 Å². The van der Waals surface area contributed by atoms with Gasteiger partial charge in [-0.2, -0.15) is 0 Å². The lowest BCUT2D eigenvalue weighted by atomic mass is 10.0. The summed E-state index contributed by atoms with van der Waals surface area (Å²) < 4.78 is 12.8. The average Bonchev–Trinajstić information content (AvgIpc) is 2.75. The van der Waals surface area contributed by atoms with Gasteiger partial charge in [-0.3, -0.25) is 0 Å². The van der Waals surface area contributed by atoms with Crippen molar-refractivity contribution in [3.05, 3.63) is 35.6 Å². The molecule has 2 nitrogen and oxygen atoms in total. The molecule has 0 heterocycles. The SMILES string of the molecule is CC1CCC(NC(C)CC(O)c2ccc(F)cc2)C1. The van der Waals surface area contributed by atoms with Crippen molar-refractivity contribution in [3.8, 4) is 0 Å². The van der Waals surface area contributed by atoms with Crippen LogP contribution in [0.2, 0.25) is 0 Å². The number of aliphatic hydroxyl groups is 1. The van der Waals surface area contributed by atoms with Gasteiger partial charge in [-0.25, -0.2) is 4.39 Å². The summed E-state index contributed by atoms with van der Waals surface area (Å²) in [6.45, 7) is 4.40. The predicted molar refractivity (Wildman–Crippen MR) is 75.4 cm³/mol. The summed E-state index contributed by atoms with van der Waals surface area (Å²) in [6, 6.07) is 6.97. The molecule has 0 bridgehead atoms. The van der Waals surface area contributed by atoms with Crippen molar-refractivity contribution < 1.29 is 9.50 Å². The van der Waals surface area contributed by atoms with Crippen molar-refractivity contribution >= 4 is 0 Å². The number of nitrogens with one attached hydrogen (secondary N) is 1. The smallest absolute Gasteiger partial charge is 0.123 e. The average molecular weight is 265 g/mol. The Bertz CT molecular complexity index is 392. The fraction of sp³-hybridized carbons (Fsp3) is 0.625. The maximum absolute atomic E-state index is 12.8. The van der Waals surface area contributed by atoms with Crippen molar-refractivity contribution in [3.63, 3.8) is 0 Å². The summed E-state index contributed by atoms with van der Waals surface area (Å²) in [5, 5.41) is 13.7. The third kappa shape index (κ3) is 4.29. The molecule has 2 N–H and O–H groups in total. The zero-order valence-electron chi connectivity index (χ0n) is 11.8. The van der Waals surface area contributed by atoms with E-state index in [2.05, 4.69) is 19.2 Å². The third-order valence-electron chi connectivity index (χ3n) is 4.05. The van der Waals surface area contributed by atoms with Crippen LogP contribution < -0.4 is 5.32 Å². The van der Waals surface area contributed by atoms with Gasteiger partial charge in [0.2, 0.25) is 0 Å².